The number of benzene rings is 2. The Kier molecular flexibility index (Phi) is 7.02. The van der Waals surface area contributed by atoms with Crippen molar-refractivity contribution in [1.82, 2.24) is 9.71 Å². The molecule has 7 nitrogen and oxygen atoms in total. The number of aryl methyl sites for hydroxylation is 1. The van der Waals surface area contributed by atoms with E-state index in [1.165, 1.54) is 35.2 Å². The van der Waals surface area contributed by atoms with Crippen LogP contribution in [0.2, 0.25) is 0 Å². The summed E-state index contributed by atoms with van der Waals surface area (Å²) in [6, 6.07) is 8.42. The number of sulfonamides is 1. The lowest BCUT2D eigenvalue weighted by atomic mass is 10.0. The van der Waals surface area contributed by atoms with Gasteiger partial charge in [-0.05, 0) is 62.2 Å². The maximum absolute atomic E-state index is 12.6. The molecule has 30 heavy (non-hydrogen) atoms. The summed E-state index contributed by atoms with van der Waals surface area (Å²) in [5, 5.41) is 9.30. The monoisotopic (exact) mass is 466 g/mol. The van der Waals surface area contributed by atoms with Gasteiger partial charge in [-0.2, -0.15) is 0 Å². The summed E-state index contributed by atoms with van der Waals surface area (Å²) in [5.41, 5.74) is 2.04. The Morgan fingerprint density at radius 3 is 2.73 bits per heavy atom. The second kappa shape index (κ2) is 9.34. The number of carboxylic acids is 1. The van der Waals surface area contributed by atoms with E-state index in [1.54, 1.807) is 13.8 Å². The standard InChI is InChI=1S/C20H22N2O5S3/c1-4-27-14-5-6-17-18(10-14)29-20(22-17)28-8-7-21-30(25,26)15-9-12(2)13(3)16(11-15)19(23)24/h5-6,9-11,21H,4,7-8H2,1-3H3,(H,23,24). The highest BCUT2D eigenvalue weighted by molar-refractivity contribution is 8.01. The summed E-state index contributed by atoms with van der Waals surface area (Å²) in [7, 11) is -3.81. The van der Waals surface area contributed by atoms with E-state index in [1.807, 2.05) is 25.1 Å². The van der Waals surface area contributed by atoms with Crippen molar-refractivity contribution in [2.45, 2.75) is 30.0 Å². The van der Waals surface area contributed by atoms with Crippen LogP contribution in [-0.4, -0.2) is 43.4 Å². The second-order valence-electron chi connectivity index (χ2n) is 6.51. The molecule has 0 unspecified atom stereocenters. The van der Waals surface area contributed by atoms with Crippen LogP contribution >= 0.6 is 23.1 Å². The van der Waals surface area contributed by atoms with Gasteiger partial charge in [0.1, 0.15) is 5.75 Å². The highest BCUT2D eigenvalue weighted by atomic mass is 32.2. The van der Waals surface area contributed by atoms with Crippen LogP contribution in [0.4, 0.5) is 0 Å². The first kappa shape index (κ1) is 22.5. The Hall–Kier alpha value is -2.14. The number of nitrogens with one attached hydrogen (secondary N) is 1. The number of aromatic carboxylic acids is 1. The molecule has 160 valence electrons. The van der Waals surface area contributed by atoms with E-state index in [0.717, 1.165) is 20.3 Å². The molecule has 0 bridgehead atoms. The number of fused-ring (bicyclic) bond motifs is 1. The molecule has 3 aromatic rings. The molecule has 2 N–H and O–H groups in total. The Labute approximate surface area is 183 Å². The van der Waals surface area contributed by atoms with Gasteiger partial charge >= 0.3 is 5.97 Å². The highest BCUT2D eigenvalue weighted by Gasteiger charge is 2.19. The zero-order valence-electron chi connectivity index (χ0n) is 16.8. The summed E-state index contributed by atoms with van der Waals surface area (Å²) < 4.78 is 35.1. The highest BCUT2D eigenvalue weighted by Crippen LogP contribution is 2.31. The first-order chi connectivity index (χ1) is 14.2. The molecule has 3 rings (SSSR count). The second-order valence-corrected chi connectivity index (χ2v) is 10.6. The number of rotatable bonds is 9. The van der Waals surface area contributed by atoms with Gasteiger partial charge in [0.15, 0.2) is 4.34 Å². The normalized spacial score (nSPS) is 11.7. The number of aromatic nitrogens is 1. The topological polar surface area (TPSA) is 106 Å². The number of carboxylic acid groups (broad SMARTS) is 1. The smallest absolute Gasteiger partial charge is 0.336 e. The maximum Gasteiger partial charge on any atom is 0.336 e. The molecule has 0 spiro atoms. The van der Waals surface area contributed by atoms with E-state index in [9.17, 15) is 18.3 Å². The van der Waals surface area contributed by atoms with E-state index in [4.69, 9.17) is 4.74 Å². The van der Waals surface area contributed by atoms with Crippen molar-refractivity contribution in [2.24, 2.45) is 0 Å². The lowest BCUT2D eigenvalue weighted by Crippen LogP contribution is -2.26. The van der Waals surface area contributed by atoms with Crippen LogP contribution in [0.25, 0.3) is 10.2 Å². The molecule has 0 atom stereocenters. The van der Waals surface area contributed by atoms with E-state index in [2.05, 4.69) is 9.71 Å². The van der Waals surface area contributed by atoms with Crippen molar-refractivity contribution in [3.63, 3.8) is 0 Å². The van der Waals surface area contributed by atoms with Gasteiger partial charge in [0.25, 0.3) is 0 Å². The number of nitrogens with zero attached hydrogens (tertiary/aromatic N) is 1. The summed E-state index contributed by atoms with van der Waals surface area (Å²) in [4.78, 5) is 15.9. The maximum atomic E-state index is 12.6. The SMILES string of the molecule is CCOc1ccc2nc(SCCNS(=O)(=O)c3cc(C)c(C)c(C(=O)O)c3)sc2c1. The van der Waals surface area contributed by atoms with Crippen LogP contribution in [0.15, 0.2) is 39.6 Å². The van der Waals surface area contributed by atoms with E-state index < -0.39 is 16.0 Å². The summed E-state index contributed by atoms with van der Waals surface area (Å²) in [6.45, 7) is 6.08. The minimum atomic E-state index is -3.81. The van der Waals surface area contributed by atoms with Crippen molar-refractivity contribution >= 4 is 49.3 Å². The first-order valence-electron chi connectivity index (χ1n) is 9.21. The third kappa shape index (κ3) is 5.12. The molecule has 1 aromatic heterocycles. The van der Waals surface area contributed by atoms with Gasteiger partial charge in [0.05, 0.1) is 27.3 Å². The van der Waals surface area contributed by atoms with Gasteiger partial charge in [-0.25, -0.2) is 22.9 Å². The largest absolute Gasteiger partial charge is 0.494 e. The quantitative estimate of drug-likeness (QED) is 0.361. The van der Waals surface area contributed by atoms with Gasteiger partial charge in [-0.15, -0.1) is 11.3 Å². The Balaban J connectivity index is 1.63. The van der Waals surface area contributed by atoms with Gasteiger partial charge in [0, 0.05) is 12.3 Å². The van der Waals surface area contributed by atoms with Crippen molar-refractivity contribution in [3.05, 3.63) is 47.0 Å². The molecular formula is C20H22N2O5S3. The zero-order valence-corrected chi connectivity index (χ0v) is 19.2. The predicted octanol–water partition coefficient (Wildman–Crippen LogP) is 4.08. The van der Waals surface area contributed by atoms with Crippen LogP contribution in [-0.2, 0) is 10.0 Å². The fourth-order valence-electron chi connectivity index (χ4n) is 2.80. The summed E-state index contributed by atoms with van der Waals surface area (Å²) in [5.74, 6) is 0.146. The van der Waals surface area contributed by atoms with Crippen LogP contribution in [0.3, 0.4) is 0 Å². The molecule has 0 aliphatic carbocycles. The number of hydrogen-bond donors (Lipinski definition) is 2. The number of hydrogen-bond acceptors (Lipinski definition) is 7. The summed E-state index contributed by atoms with van der Waals surface area (Å²) in [6.07, 6.45) is 0. The Morgan fingerprint density at radius 1 is 1.27 bits per heavy atom. The van der Waals surface area contributed by atoms with E-state index in [0.29, 0.717) is 23.5 Å². The molecule has 0 saturated heterocycles. The molecule has 2 aromatic carbocycles. The van der Waals surface area contributed by atoms with Crippen molar-refractivity contribution in [1.29, 1.82) is 0 Å². The number of ether oxygens (including phenoxy) is 1. The number of thioether (sulfide) groups is 1. The van der Waals surface area contributed by atoms with Gasteiger partial charge < -0.3 is 9.84 Å². The third-order valence-corrected chi connectivity index (χ3v) is 8.06. The zero-order chi connectivity index (χ0) is 21.9. The van der Waals surface area contributed by atoms with Crippen molar-refractivity contribution in [3.8, 4) is 5.75 Å². The van der Waals surface area contributed by atoms with Crippen molar-refractivity contribution < 1.29 is 23.1 Å². The molecule has 0 saturated carbocycles. The van der Waals surface area contributed by atoms with Crippen LogP contribution in [0, 0.1) is 13.8 Å². The number of carbonyl (C=O) groups is 1. The molecule has 10 heteroatoms. The lowest BCUT2D eigenvalue weighted by Gasteiger charge is -2.11. The third-order valence-electron chi connectivity index (χ3n) is 4.45. The average Bonchev–Trinajstić information content (AvgIpc) is 3.09. The van der Waals surface area contributed by atoms with Gasteiger partial charge in [0.2, 0.25) is 10.0 Å². The minimum Gasteiger partial charge on any atom is -0.494 e. The molecule has 0 aliphatic heterocycles. The van der Waals surface area contributed by atoms with Crippen LogP contribution in [0.5, 0.6) is 5.75 Å². The lowest BCUT2D eigenvalue weighted by molar-refractivity contribution is 0.0695. The molecule has 0 radical (unpaired) electrons. The van der Waals surface area contributed by atoms with Crippen molar-refractivity contribution in [2.75, 3.05) is 18.9 Å². The Morgan fingerprint density at radius 2 is 2.03 bits per heavy atom. The first-order valence-corrected chi connectivity index (χ1v) is 12.5. The summed E-state index contributed by atoms with van der Waals surface area (Å²) >= 11 is 2.99. The predicted molar refractivity (Wildman–Crippen MR) is 120 cm³/mol. The fourth-order valence-corrected chi connectivity index (χ4v) is 6.10. The van der Waals surface area contributed by atoms with Crippen LogP contribution < -0.4 is 9.46 Å². The minimum absolute atomic E-state index is 0.00866. The van der Waals surface area contributed by atoms with E-state index in [-0.39, 0.29) is 17.0 Å². The molecule has 0 aliphatic rings. The molecule has 1 heterocycles. The molecular weight excluding hydrogens is 444 g/mol. The average molecular weight is 467 g/mol. The van der Waals surface area contributed by atoms with Gasteiger partial charge in [-0.1, -0.05) is 11.8 Å². The Bertz CT molecular complexity index is 1190. The van der Waals surface area contributed by atoms with E-state index >= 15 is 0 Å². The van der Waals surface area contributed by atoms with Gasteiger partial charge in [-0.3, -0.25) is 0 Å². The van der Waals surface area contributed by atoms with Crippen LogP contribution in [0.1, 0.15) is 28.4 Å². The number of thiazole rings is 1. The molecule has 0 fully saturated rings. The molecule has 0 amide bonds. The fraction of sp³-hybridized carbons (Fsp3) is 0.300.